The third kappa shape index (κ3) is 6.99. The number of aliphatic hydroxyl groups is 2. The maximum Gasteiger partial charge on any atom is 0.459 e. The molecule has 3 unspecified atom stereocenters. The van der Waals surface area contributed by atoms with Crippen LogP contribution >= 0.6 is 19.3 Å². The number of amides is 1. The van der Waals surface area contributed by atoms with Gasteiger partial charge in [0.15, 0.2) is 6.23 Å². The highest BCUT2D eigenvalue weighted by molar-refractivity contribution is 7.52. The largest absolute Gasteiger partial charge is 0.462 e. The number of rotatable bonds is 10. The second-order valence-corrected chi connectivity index (χ2v) is 11.4. The number of benzene rings is 1. The second-order valence-electron chi connectivity index (χ2n) is 8.93. The van der Waals surface area contributed by atoms with Crippen LogP contribution in [0.15, 0.2) is 42.4 Å². The molecule has 0 bridgehead atoms. The number of hydrogen-bond acceptors (Lipinski definition) is 10. The highest BCUT2D eigenvalue weighted by atomic mass is 35.5. The van der Waals surface area contributed by atoms with Crippen molar-refractivity contribution in [3.63, 3.8) is 0 Å². The zero-order valence-corrected chi connectivity index (χ0v) is 22.2. The number of aliphatic hydroxyl groups excluding tert-OH is 2. The predicted octanol–water partition coefficient (Wildman–Crippen LogP) is 1.72. The number of carbonyl (C=O) groups is 2. The Labute approximate surface area is 218 Å². The molecule has 0 radical (unpaired) electrons. The molecular weight excluding hydrogens is 536 g/mol. The molecule has 1 aromatic rings. The molecule has 2 aliphatic rings. The number of carbonyl (C=O) groups excluding carboxylic acids is 2. The van der Waals surface area contributed by atoms with Gasteiger partial charge in [0, 0.05) is 6.20 Å². The first-order valence-electron chi connectivity index (χ1n) is 11.4. The van der Waals surface area contributed by atoms with Gasteiger partial charge in [0.1, 0.15) is 28.9 Å². The average Bonchev–Trinajstić information content (AvgIpc) is 3.03. The first kappa shape index (κ1) is 29.3. The maximum atomic E-state index is 13.9. The Kier molecular flexibility index (Phi) is 9.23. The van der Waals surface area contributed by atoms with E-state index in [4.69, 9.17) is 30.1 Å². The van der Waals surface area contributed by atoms with E-state index in [1.54, 1.807) is 32.0 Å². The summed E-state index contributed by atoms with van der Waals surface area (Å²) in [4.78, 5) is 23.0. The van der Waals surface area contributed by atoms with Crippen molar-refractivity contribution in [2.75, 3.05) is 6.61 Å². The third-order valence-electron chi connectivity index (χ3n) is 5.44. The lowest BCUT2D eigenvalue weighted by Crippen LogP contribution is -2.58. The summed E-state index contributed by atoms with van der Waals surface area (Å²) in [5, 5.41) is 25.5. The van der Waals surface area contributed by atoms with Crippen LogP contribution in [0.1, 0.15) is 27.7 Å². The van der Waals surface area contributed by atoms with Crippen LogP contribution in [0.5, 0.6) is 5.75 Å². The molecule has 4 N–H and O–H groups in total. The molecule has 0 aromatic heterocycles. The zero-order valence-electron chi connectivity index (χ0n) is 20.5. The van der Waals surface area contributed by atoms with Gasteiger partial charge in [0.25, 0.3) is 5.91 Å². The first-order chi connectivity index (χ1) is 17.2. The molecule has 0 spiro atoms. The summed E-state index contributed by atoms with van der Waals surface area (Å²) in [7, 11) is -4.27. The number of hydrogen-bond donors (Lipinski definition) is 4. The molecule has 12 nitrogen and oxygen atoms in total. The Morgan fingerprint density at radius 3 is 2.59 bits per heavy atom. The Hall–Kier alpha value is -2.25. The van der Waals surface area contributed by atoms with Crippen LogP contribution < -0.4 is 14.9 Å². The van der Waals surface area contributed by atoms with Crippen LogP contribution in [0, 0.1) is 0 Å². The van der Waals surface area contributed by atoms with Crippen molar-refractivity contribution in [2.45, 2.75) is 69.5 Å². The van der Waals surface area contributed by atoms with Gasteiger partial charge in [-0.1, -0.05) is 18.2 Å². The number of nitrogens with zero attached hydrogens (tertiary/aromatic N) is 1. The van der Waals surface area contributed by atoms with Crippen LogP contribution in [0.2, 0.25) is 0 Å². The minimum Gasteiger partial charge on any atom is -0.462 e. The van der Waals surface area contributed by atoms with E-state index in [0.29, 0.717) is 6.20 Å². The molecule has 37 heavy (non-hydrogen) atoms. The molecule has 3 rings (SSSR count). The van der Waals surface area contributed by atoms with Crippen LogP contribution in [0.4, 0.5) is 4.39 Å². The van der Waals surface area contributed by atoms with E-state index < -0.39 is 73.9 Å². The fraction of sp³-hybridized carbons (Fsp3) is 0.545. The van der Waals surface area contributed by atoms with Crippen molar-refractivity contribution in [1.29, 1.82) is 0 Å². The van der Waals surface area contributed by atoms with E-state index in [0.717, 1.165) is 4.90 Å². The summed E-state index contributed by atoms with van der Waals surface area (Å²) in [6.45, 7) is 5.55. The number of ether oxygens (including phenoxy) is 2. The molecule has 206 valence electrons. The Morgan fingerprint density at radius 1 is 1.32 bits per heavy atom. The fourth-order valence-corrected chi connectivity index (χ4v) is 5.40. The fourth-order valence-electron chi connectivity index (χ4n) is 3.60. The Bertz CT molecular complexity index is 1060. The van der Waals surface area contributed by atoms with E-state index in [2.05, 4.69) is 5.09 Å². The van der Waals surface area contributed by atoms with Gasteiger partial charge in [-0.3, -0.25) is 14.1 Å². The van der Waals surface area contributed by atoms with Crippen LogP contribution in [0.3, 0.4) is 0 Å². The number of esters is 1. The molecule has 1 aromatic carbocycles. The topological polar surface area (TPSA) is 156 Å². The van der Waals surface area contributed by atoms with Gasteiger partial charge in [-0.05, 0) is 39.8 Å². The van der Waals surface area contributed by atoms with Gasteiger partial charge in [-0.15, -0.1) is 11.6 Å². The molecule has 1 saturated heterocycles. The highest BCUT2D eigenvalue weighted by Gasteiger charge is 2.56. The number of alkyl halides is 1. The second kappa shape index (κ2) is 11.6. The predicted molar refractivity (Wildman–Crippen MR) is 129 cm³/mol. The molecule has 1 fully saturated rings. The smallest absolute Gasteiger partial charge is 0.459 e. The minimum absolute atomic E-state index is 0.170. The summed E-state index contributed by atoms with van der Waals surface area (Å²) in [5.41, 5.74) is 0. The van der Waals surface area contributed by atoms with Crippen molar-refractivity contribution >= 4 is 31.2 Å². The van der Waals surface area contributed by atoms with E-state index in [-0.39, 0.29) is 5.75 Å². The van der Waals surface area contributed by atoms with Crippen molar-refractivity contribution < 1.29 is 47.3 Å². The zero-order chi connectivity index (χ0) is 27.5. The molecule has 0 saturated carbocycles. The van der Waals surface area contributed by atoms with Crippen molar-refractivity contribution in [1.82, 2.24) is 15.3 Å². The summed E-state index contributed by atoms with van der Waals surface area (Å²) in [6.07, 6.45) is -5.43. The lowest BCUT2D eigenvalue weighted by atomic mass is 10.0. The molecular formula is C22H30ClFN3O9P. The van der Waals surface area contributed by atoms with Crippen molar-refractivity contribution in [3.8, 4) is 5.75 Å². The summed E-state index contributed by atoms with van der Waals surface area (Å²) in [6, 6.07) is 6.94. The summed E-state index contributed by atoms with van der Waals surface area (Å²) in [5.74, 6) is -2.86. The molecule has 2 heterocycles. The highest BCUT2D eigenvalue weighted by Crippen LogP contribution is 2.47. The van der Waals surface area contributed by atoms with E-state index >= 15 is 0 Å². The van der Waals surface area contributed by atoms with Crippen molar-refractivity contribution in [2.24, 2.45) is 0 Å². The standard InChI is InChI=1S/C22H30ClFN3O9P/c1-12(2)34-19(30)13(3)26-37(32,36-14-8-6-5-7-9-14)33-11-16-17(28)22(4,23)20(35-16)27-10-15(24)18(29)25-21(27)31/h5-10,12-13,16-17,20-21,28,31H,11H2,1-4H3,(H,25,29)(H,26,32)/t13?,16-,17-,20-,21?,22-,37?/m1/s1. The van der Waals surface area contributed by atoms with E-state index in [9.17, 15) is 28.8 Å². The summed E-state index contributed by atoms with van der Waals surface area (Å²) < 4.78 is 49.5. The van der Waals surface area contributed by atoms with Gasteiger partial charge in [0.2, 0.25) is 12.2 Å². The molecule has 1 amide bonds. The lowest BCUT2D eigenvalue weighted by molar-refractivity contribution is -0.149. The van der Waals surface area contributed by atoms with Gasteiger partial charge in [-0.25, -0.2) is 4.57 Å². The van der Waals surface area contributed by atoms with E-state index in [1.807, 2.05) is 5.32 Å². The molecule has 15 heteroatoms. The number of para-hydroxylation sites is 1. The monoisotopic (exact) mass is 565 g/mol. The quantitative estimate of drug-likeness (QED) is 0.186. The summed E-state index contributed by atoms with van der Waals surface area (Å²) >= 11 is 6.49. The van der Waals surface area contributed by atoms with Crippen LogP contribution in [0.25, 0.3) is 0 Å². The Balaban J connectivity index is 1.77. The normalized spacial score (nSPS) is 30.4. The molecule has 0 aliphatic carbocycles. The van der Waals surface area contributed by atoms with Crippen LogP contribution in [-0.4, -0.2) is 75.4 Å². The Morgan fingerprint density at radius 2 is 1.97 bits per heavy atom. The van der Waals surface area contributed by atoms with Crippen molar-refractivity contribution in [3.05, 3.63) is 42.4 Å². The van der Waals surface area contributed by atoms with Gasteiger partial charge >= 0.3 is 13.7 Å². The first-order valence-corrected chi connectivity index (χ1v) is 13.3. The van der Waals surface area contributed by atoms with Gasteiger partial charge in [-0.2, -0.15) is 9.48 Å². The number of nitrogens with one attached hydrogen (secondary N) is 2. The minimum atomic E-state index is -4.27. The van der Waals surface area contributed by atoms with Crippen LogP contribution in [-0.2, 0) is 28.2 Å². The average molecular weight is 566 g/mol. The molecule has 7 atom stereocenters. The third-order valence-corrected chi connectivity index (χ3v) is 7.50. The SMILES string of the molecule is CC(C)OC(=O)C(C)NP(=O)(OC[C@H]1O[C@@H](N2C=C(F)C(=O)NC2O)[C@](C)(Cl)[C@@H]1O)Oc1ccccc1. The van der Waals surface area contributed by atoms with Gasteiger partial charge < -0.3 is 34.4 Å². The molecule has 2 aliphatic heterocycles. The lowest BCUT2D eigenvalue weighted by Gasteiger charge is -2.39. The van der Waals surface area contributed by atoms with Gasteiger partial charge in [0.05, 0.1) is 12.7 Å². The van der Waals surface area contributed by atoms with E-state index in [1.165, 1.54) is 26.0 Å². The maximum absolute atomic E-state index is 13.9. The number of halogens is 2.